The van der Waals surface area contributed by atoms with Gasteiger partial charge in [0.25, 0.3) is 0 Å². The smallest absolute Gasteiger partial charge is 0.323 e. The summed E-state index contributed by atoms with van der Waals surface area (Å²) in [6.45, 7) is 5.60. The summed E-state index contributed by atoms with van der Waals surface area (Å²) in [5, 5.41) is 3.10. The topological polar surface area (TPSA) is 90.9 Å². The Labute approximate surface area is 153 Å². The van der Waals surface area contributed by atoms with E-state index in [1.807, 2.05) is 31.2 Å². The van der Waals surface area contributed by atoms with E-state index in [9.17, 15) is 14.4 Å². The normalized spacial score (nSPS) is 24.8. The number of hydrogen-bond donors (Lipinski definition) is 1. The number of hydrogen-bond acceptors (Lipinski definition) is 7. The maximum Gasteiger partial charge on any atom is 0.323 e. The maximum absolute atomic E-state index is 12.7. The van der Waals surface area contributed by atoms with E-state index in [2.05, 4.69) is 5.32 Å². The monoisotopic (exact) mass is 363 g/mol. The zero-order chi connectivity index (χ0) is 19.3. The molecule has 0 spiro atoms. The molecule has 2 rings (SSSR count). The summed E-state index contributed by atoms with van der Waals surface area (Å²) >= 11 is 0. The molecular formula is C19H25NO6. The Hall–Kier alpha value is -2.41. The van der Waals surface area contributed by atoms with Crippen molar-refractivity contribution in [2.75, 3.05) is 20.3 Å². The second-order valence-electron chi connectivity index (χ2n) is 6.06. The van der Waals surface area contributed by atoms with Crippen molar-refractivity contribution in [3.05, 3.63) is 35.4 Å². The van der Waals surface area contributed by atoms with Crippen LogP contribution in [0.25, 0.3) is 0 Å². The van der Waals surface area contributed by atoms with Gasteiger partial charge in [-0.05, 0) is 31.9 Å². The van der Waals surface area contributed by atoms with Crippen LogP contribution in [0.2, 0.25) is 0 Å². The van der Waals surface area contributed by atoms with Crippen LogP contribution in [0, 0.1) is 18.8 Å². The van der Waals surface area contributed by atoms with Gasteiger partial charge in [0.2, 0.25) is 0 Å². The van der Waals surface area contributed by atoms with E-state index in [4.69, 9.17) is 14.2 Å². The molecule has 1 aromatic carbocycles. The quantitative estimate of drug-likeness (QED) is 0.605. The van der Waals surface area contributed by atoms with Crippen LogP contribution in [0.1, 0.15) is 31.0 Å². The molecule has 1 aliphatic heterocycles. The van der Waals surface area contributed by atoms with Crippen LogP contribution in [-0.2, 0) is 28.6 Å². The van der Waals surface area contributed by atoms with Gasteiger partial charge < -0.3 is 14.2 Å². The minimum absolute atomic E-state index is 0.147. The third-order valence-corrected chi connectivity index (χ3v) is 4.56. The average molecular weight is 363 g/mol. The van der Waals surface area contributed by atoms with E-state index >= 15 is 0 Å². The highest BCUT2D eigenvalue weighted by Crippen LogP contribution is 2.40. The van der Waals surface area contributed by atoms with Crippen LogP contribution < -0.4 is 5.32 Å². The molecule has 1 N–H and O–H groups in total. The standard InChI is InChI=1S/C19H25NO6/c1-5-25-17(21)13-14(18(22)26-6-2)16(19(23)24-4)20-15(13)12-10-8-7-9-11(12)3/h7-10,13-16,20H,5-6H2,1-4H3/t13-,14+,15-,16-/m0/s1. The number of aryl methyl sites for hydroxylation is 1. The highest BCUT2D eigenvalue weighted by atomic mass is 16.5. The molecule has 7 heteroatoms. The molecular weight excluding hydrogens is 338 g/mol. The van der Waals surface area contributed by atoms with E-state index in [0.29, 0.717) is 0 Å². The Morgan fingerprint density at radius 3 is 2.08 bits per heavy atom. The minimum Gasteiger partial charge on any atom is -0.468 e. The molecule has 0 bridgehead atoms. The van der Waals surface area contributed by atoms with Crippen molar-refractivity contribution in [2.45, 2.75) is 32.9 Å². The molecule has 1 fully saturated rings. The number of benzene rings is 1. The van der Waals surface area contributed by atoms with Gasteiger partial charge in [0.1, 0.15) is 6.04 Å². The fraction of sp³-hybridized carbons (Fsp3) is 0.526. The summed E-state index contributed by atoms with van der Waals surface area (Å²) in [5.74, 6) is -3.69. The van der Waals surface area contributed by atoms with Crippen LogP contribution in [-0.4, -0.2) is 44.3 Å². The number of ether oxygens (including phenoxy) is 3. The molecule has 0 aromatic heterocycles. The lowest BCUT2D eigenvalue weighted by molar-refractivity contribution is -0.162. The summed E-state index contributed by atoms with van der Waals surface area (Å²) in [6, 6.07) is 5.95. The van der Waals surface area contributed by atoms with E-state index < -0.39 is 41.8 Å². The first kappa shape index (κ1) is 19.9. The zero-order valence-electron chi connectivity index (χ0n) is 15.5. The molecule has 0 unspecified atom stereocenters. The van der Waals surface area contributed by atoms with Crippen LogP contribution in [0.3, 0.4) is 0 Å². The van der Waals surface area contributed by atoms with Crippen LogP contribution in [0.4, 0.5) is 0 Å². The summed E-state index contributed by atoms with van der Waals surface area (Å²) < 4.78 is 15.2. The lowest BCUT2D eigenvalue weighted by Gasteiger charge is -2.23. The van der Waals surface area contributed by atoms with Crippen molar-refractivity contribution in [1.82, 2.24) is 5.32 Å². The van der Waals surface area contributed by atoms with Crippen LogP contribution >= 0.6 is 0 Å². The fourth-order valence-corrected chi connectivity index (χ4v) is 3.42. The Bertz CT molecular complexity index is 674. The van der Waals surface area contributed by atoms with Gasteiger partial charge in [0, 0.05) is 6.04 Å². The Balaban J connectivity index is 2.52. The number of methoxy groups -OCH3 is 1. The molecule has 142 valence electrons. The van der Waals surface area contributed by atoms with Crippen molar-refractivity contribution in [3.63, 3.8) is 0 Å². The molecule has 1 saturated heterocycles. The highest BCUT2D eigenvalue weighted by molar-refractivity contribution is 5.91. The van der Waals surface area contributed by atoms with Crippen molar-refractivity contribution >= 4 is 17.9 Å². The van der Waals surface area contributed by atoms with Crippen molar-refractivity contribution in [2.24, 2.45) is 11.8 Å². The Morgan fingerprint density at radius 2 is 1.54 bits per heavy atom. The van der Waals surface area contributed by atoms with Crippen LogP contribution in [0.5, 0.6) is 0 Å². The largest absolute Gasteiger partial charge is 0.468 e. The molecule has 1 aliphatic rings. The van der Waals surface area contributed by atoms with Crippen LogP contribution in [0.15, 0.2) is 24.3 Å². The van der Waals surface area contributed by atoms with E-state index in [0.717, 1.165) is 11.1 Å². The second-order valence-corrected chi connectivity index (χ2v) is 6.06. The van der Waals surface area contributed by atoms with Gasteiger partial charge in [-0.15, -0.1) is 0 Å². The number of esters is 3. The molecule has 0 aliphatic carbocycles. The molecule has 0 amide bonds. The molecule has 1 aromatic rings. The summed E-state index contributed by atoms with van der Waals surface area (Å²) in [7, 11) is 1.24. The first-order valence-electron chi connectivity index (χ1n) is 8.68. The lowest BCUT2D eigenvalue weighted by atomic mass is 9.83. The number of carbonyl (C=O) groups excluding carboxylic acids is 3. The van der Waals surface area contributed by atoms with Gasteiger partial charge in [-0.2, -0.15) is 0 Å². The average Bonchev–Trinajstić information content (AvgIpc) is 3.02. The SMILES string of the molecule is CCOC(=O)[C@@H]1[C@H](C(=O)OCC)[C@H](c2ccccc2C)N[C@@H]1C(=O)OC. The van der Waals surface area contributed by atoms with Crippen molar-refractivity contribution in [1.29, 1.82) is 0 Å². The molecule has 4 atom stereocenters. The van der Waals surface area contributed by atoms with Gasteiger partial charge in [-0.25, -0.2) is 0 Å². The second kappa shape index (κ2) is 8.80. The predicted octanol–water partition coefficient (Wildman–Crippen LogP) is 1.54. The first-order valence-corrected chi connectivity index (χ1v) is 8.68. The Kier molecular flexibility index (Phi) is 6.74. The number of rotatable bonds is 6. The fourth-order valence-electron chi connectivity index (χ4n) is 3.42. The molecule has 7 nitrogen and oxygen atoms in total. The van der Waals surface area contributed by atoms with Crippen molar-refractivity contribution in [3.8, 4) is 0 Å². The first-order chi connectivity index (χ1) is 12.5. The van der Waals surface area contributed by atoms with E-state index in [1.165, 1.54) is 7.11 Å². The third-order valence-electron chi connectivity index (χ3n) is 4.56. The summed E-state index contributed by atoms with van der Waals surface area (Å²) in [6.07, 6.45) is 0. The van der Waals surface area contributed by atoms with E-state index in [-0.39, 0.29) is 13.2 Å². The maximum atomic E-state index is 12.7. The van der Waals surface area contributed by atoms with Gasteiger partial charge in [0.05, 0.1) is 32.2 Å². The van der Waals surface area contributed by atoms with Gasteiger partial charge >= 0.3 is 17.9 Å². The minimum atomic E-state index is -1.02. The zero-order valence-corrected chi connectivity index (χ0v) is 15.5. The number of nitrogens with one attached hydrogen (secondary N) is 1. The molecule has 0 radical (unpaired) electrons. The lowest BCUT2D eigenvalue weighted by Crippen LogP contribution is -2.42. The molecule has 0 saturated carbocycles. The molecule has 1 heterocycles. The Morgan fingerprint density at radius 1 is 0.962 bits per heavy atom. The number of carbonyl (C=O) groups is 3. The van der Waals surface area contributed by atoms with Crippen molar-refractivity contribution < 1.29 is 28.6 Å². The third kappa shape index (κ3) is 3.88. The van der Waals surface area contributed by atoms with Gasteiger partial charge in [0.15, 0.2) is 0 Å². The summed E-state index contributed by atoms with van der Waals surface area (Å²) in [5.41, 5.74) is 1.76. The highest BCUT2D eigenvalue weighted by Gasteiger charge is 2.55. The summed E-state index contributed by atoms with van der Waals surface area (Å²) in [4.78, 5) is 37.5. The molecule has 26 heavy (non-hydrogen) atoms. The predicted molar refractivity (Wildman–Crippen MR) is 93.1 cm³/mol. The van der Waals surface area contributed by atoms with E-state index in [1.54, 1.807) is 13.8 Å². The van der Waals surface area contributed by atoms with Gasteiger partial charge in [-0.1, -0.05) is 24.3 Å². The van der Waals surface area contributed by atoms with Gasteiger partial charge in [-0.3, -0.25) is 19.7 Å².